The summed E-state index contributed by atoms with van der Waals surface area (Å²) in [5.41, 5.74) is -0.170. The topological polar surface area (TPSA) is 40.5 Å². The van der Waals surface area contributed by atoms with E-state index in [1.807, 2.05) is 0 Å². The van der Waals surface area contributed by atoms with Crippen molar-refractivity contribution in [1.82, 2.24) is 0 Å². The van der Waals surface area contributed by atoms with Crippen LogP contribution >= 0.6 is 104 Å². The maximum absolute atomic E-state index is 10.6. The number of aliphatic hydroxyl groups excluding tert-OH is 1. The van der Waals surface area contributed by atoms with Crippen molar-refractivity contribution in [3.05, 3.63) is 47.0 Å². The van der Waals surface area contributed by atoms with Gasteiger partial charge in [-0.3, -0.25) is 0 Å². The molecule has 25 heavy (non-hydrogen) atoms. The van der Waals surface area contributed by atoms with E-state index in [0.717, 1.165) is 0 Å². The van der Waals surface area contributed by atoms with Crippen LogP contribution in [0.5, 0.6) is 0 Å². The molecule has 0 bridgehead atoms. The molecule has 2 aromatic rings. The molecular formula is C14H3Cl9O2. The average molecular weight is 522 g/mol. The maximum atomic E-state index is 10.6. The normalized spacial score (nSPS) is 23.4. The summed E-state index contributed by atoms with van der Waals surface area (Å²) in [7, 11) is 0. The number of alkyl halides is 2. The van der Waals surface area contributed by atoms with E-state index in [2.05, 4.69) is 0 Å². The van der Waals surface area contributed by atoms with Crippen molar-refractivity contribution < 1.29 is 10.2 Å². The summed E-state index contributed by atoms with van der Waals surface area (Å²) in [5, 5.41) is 16.5. The molecule has 0 spiro atoms. The van der Waals surface area contributed by atoms with E-state index in [0.29, 0.717) is 0 Å². The van der Waals surface area contributed by atoms with Crippen LogP contribution in [0.2, 0.25) is 30.1 Å². The van der Waals surface area contributed by atoms with Gasteiger partial charge in [0.05, 0.1) is 35.2 Å². The molecule has 0 fully saturated rings. The maximum Gasteiger partial charge on any atom is 0.190 e. The number of halogens is 9. The van der Waals surface area contributed by atoms with Gasteiger partial charge >= 0.3 is 0 Å². The van der Waals surface area contributed by atoms with Crippen molar-refractivity contribution in [3.8, 4) is 0 Å². The molecule has 0 aromatic heterocycles. The number of benzene rings is 2. The van der Waals surface area contributed by atoms with Gasteiger partial charge in [-0.25, -0.2) is 0 Å². The Hall–Kier alpha value is 0.810. The van der Waals surface area contributed by atoms with Gasteiger partial charge in [-0.1, -0.05) is 92.8 Å². The lowest BCUT2D eigenvalue weighted by Crippen LogP contribution is -2.36. The summed E-state index contributed by atoms with van der Waals surface area (Å²) in [6.07, 6.45) is 0. The molecule has 2 aromatic carbocycles. The molecule has 0 saturated carbocycles. The lowest BCUT2D eigenvalue weighted by atomic mass is 9.89. The van der Waals surface area contributed by atoms with Gasteiger partial charge in [0.15, 0.2) is 5.06 Å². The largest absolute Gasteiger partial charge is 0.509 e. The van der Waals surface area contributed by atoms with Crippen molar-refractivity contribution in [2.75, 3.05) is 0 Å². The first kappa shape index (κ1) is 20.5. The molecule has 0 aliphatic heterocycles. The first-order valence-corrected chi connectivity index (χ1v) is 9.71. The Kier molecular flexibility index (Phi) is 5.51. The van der Waals surface area contributed by atoms with Crippen molar-refractivity contribution in [1.29, 1.82) is 0 Å². The number of rotatable bonds is 0. The summed E-state index contributed by atoms with van der Waals surface area (Å²) in [4.78, 5) is 0. The summed E-state index contributed by atoms with van der Waals surface area (Å²) >= 11 is 55.8. The van der Waals surface area contributed by atoms with E-state index in [4.69, 9.17) is 104 Å². The molecule has 2 atom stereocenters. The van der Waals surface area contributed by atoms with Crippen molar-refractivity contribution in [2.45, 2.75) is 10.4 Å². The lowest BCUT2D eigenvalue weighted by molar-refractivity contribution is 0.116. The molecule has 0 radical (unpaired) electrons. The fraction of sp³-hybridized carbons (Fsp3) is 0.143. The molecule has 0 saturated heterocycles. The molecule has 3 rings (SSSR count). The molecule has 2 unspecified atom stereocenters. The minimum atomic E-state index is -2.32. The van der Waals surface area contributed by atoms with Crippen LogP contribution < -0.4 is 0 Å². The van der Waals surface area contributed by atoms with E-state index >= 15 is 0 Å². The van der Waals surface area contributed by atoms with Gasteiger partial charge in [0.2, 0.25) is 0 Å². The third-order valence-electron chi connectivity index (χ3n) is 3.77. The Bertz CT molecular complexity index is 981. The fourth-order valence-electron chi connectivity index (χ4n) is 2.60. The van der Waals surface area contributed by atoms with Gasteiger partial charge < -0.3 is 10.2 Å². The third-order valence-corrected chi connectivity index (χ3v) is 7.75. The Morgan fingerprint density at radius 3 is 1.64 bits per heavy atom. The first-order valence-electron chi connectivity index (χ1n) is 6.25. The van der Waals surface area contributed by atoms with Crippen LogP contribution in [0.15, 0.2) is 5.76 Å². The molecule has 1 aliphatic rings. The second-order valence-corrected chi connectivity index (χ2v) is 8.78. The van der Waals surface area contributed by atoms with E-state index in [1.54, 1.807) is 0 Å². The van der Waals surface area contributed by atoms with E-state index in [-0.39, 0.29) is 57.1 Å². The second kappa shape index (κ2) is 6.70. The Balaban J connectivity index is 2.69. The predicted molar refractivity (Wildman–Crippen MR) is 109 cm³/mol. The highest BCUT2D eigenvalue weighted by atomic mass is 35.5. The third kappa shape index (κ3) is 2.73. The molecule has 0 amide bonds. The SMILES string of the molecule is OC1=C(Cl)c2c(c(Cl)c3c(Cl)c(Cl)c(Cl)c(Cl)c3c2Cl)C(O)(Cl)C1Cl. The zero-order valence-corrected chi connectivity index (χ0v) is 18.2. The van der Waals surface area contributed by atoms with Gasteiger partial charge in [-0.15, -0.1) is 11.6 Å². The smallest absolute Gasteiger partial charge is 0.190 e. The molecular weight excluding hydrogens is 519 g/mol. The summed E-state index contributed by atoms with van der Waals surface area (Å²) < 4.78 is 0. The Labute approximate surface area is 186 Å². The van der Waals surface area contributed by atoms with Crippen LogP contribution in [0.25, 0.3) is 15.8 Å². The average Bonchev–Trinajstić information content (AvgIpc) is 2.55. The Morgan fingerprint density at radius 1 is 0.720 bits per heavy atom. The molecule has 134 valence electrons. The monoisotopic (exact) mass is 518 g/mol. The number of aliphatic hydroxyl groups is 2. The molecule has 2 N–H and O–H groups in total. The van der Waals surface area contributed by atoms with E-state index in [9.17, 15) is 10.2 Å². The van der Waals surface area contributed by atoms with Crippen LogP contribution in [0.4, 0.5) is 0 Å². The van der Waals surface area contributed by atoms with Gasteiger partial charge in [0, 0.05) is 21.9 Å². The van der Waals surface area contributed by atoms with Crippen LogP contribution in [-0.2, 0) is 5.06 Å². The van der Waals surface area contributed by atoms with E-state index < -0.39 is 16.2 Å². The predicted octanol–water partition coefficient (Wildman–Crippen LogP) is 8.23. The van der Waals surface area contributed by atoms with Crippen LogP contribution in [0.1, 0.15) is 11.1 Å². The van der Waals surface area contributed by atoms with Crippen molar-refractivity contribution in [2.24, 2.45) is 0 Å². The molecule has 1 aliphatic carbocycles. The van der Waals surface area contributed by atoms with Gasteiger partial charge in [0.1, 0.15) is 11.1 Å². The zero-order valence-electron chi connectivity index (χ0n) is 11.4. The van der Waals surface area contributed by atoms with Gasteiger partial charge in [-0.2, -0.15) is 0 Å². The minimum absolute atomic E-state index is 0.0316. The van der Waals surface area contributed by atoms with Crippen LogP contribution in [-0.4, -0.2) is 15.6 Å². The van der Waals surface area contributed by atoms with Crippen LogP contribution in [0.3, 0.4) is 0 Å². The molecule has 0 heterocycles. The highest BCUT2D eigenvalue weighted by molar-refractivity contribution is 6.60. The minimum Gasteiger partial charge on any atom is -0.509 e. The quantitative estimate of drug-likeness (QED) is 0.208. The first-order chi connectivity index (χ1) is 11.4. The highest BCUT2D eigenvalue weighted by Crippen LogP contribution is 2.57. The van der Waals surface area contributed by atoms with Crippen LogP contribution in [0, 0.1) is 0 Å². The second-order valence-electron chi connectivity index (χ2n) is 5.12. The highest BCUT2D eigenvalue weighted by Gasteiger charge is 2.48. The zero-order chi connectivity index (χ0) is 19.0. The summed E-state index contributed by atoms with van der Waals surface area (Å²) in [6, 6.07) is 0. The summed E-state index contributed by atoms with van der Waals surface area (Å²) in [6.45, 7) is 0. The van der Waals surface area contributed by atoms with Gasteiger partial charge in [-0.05, 0) is 0 Å². The van der Waals surface area contributed by atoms with Crippen molar-refractivity contribution >= 4 is 120 Å². The molecule has 11 heteroatoms. The van der Waals surface area contributed by atoms with Crippen molar-refractivity contribution in [3.63, 3.8) is 0 Å². The fourth-order valence-corrected chi connectivity index (χ4v) is 5.50. The van der Waals surface area contributed by atoms with Gasteiger partial charge in [0.25, 0.3) is 0 Å². The Morgan fingerprint density at radius 2 is 1.16 bits per heavy atom. The lowest BCUT2D eigenvalue weighted by Gasteiger charge is -2.34. The standard InChI is InChI=1S/C14H3Cl9O2/c15-5-1-2(8(18)11(21)10(20)7(1)17)6(16)4-3(5)9(19)12(24)13(22)14(4,23)25/h13,24-25H. The molecule has 2 nitrogen and oxygen atoms in total. The number of hydrogen-bond donors (Lipinski definition) is 2. The van der Waals surface area contributed by atoms with E-state index in [1.165, 1.54) is 0 Å². The number of fused-ring (bicyclic) bond motifs is 2. The number of hydrogen-bond acceptors (Lipinski definition) is 2. The summed E-state index contributed by atoms with van der Waals surface area (Å²) in [5.74, 6) is -0.576.